The van der Waals surface area contributed by atoms with Crippen LogP contribution < -0.4 is 11.1 Å². The Balaban J connectivity index is 2.72. The molecule has 0 aliphatic heterocycles. The van der Waals surface area contributed by atoms with Crippen LogP contribution in [0, 0.1) is 0 Å². The van der Waals surface area contributed by atoms with E-state index in [-0.39, 0.29) is 6.42 Å². The molecule has 104 valence electrons. The lowest BCUT2D eigenvalue weighted by molar-refractivity contribution is -0.144. The van der Waals surface area contributed by atoms with Gasteiger partial charge in [-0.05, 0) is 18.1 Å². The van der Waals surface area contributed by atoms with Crippen molar-refractivity contribution in [3.8, 4) is 0 Å². The molecule has 1 rings (SSSR count). The number of nitrogens with one attached hydrogen (secondary N) is 1. The highest BCUT2D eigenvalue weighted by Gasteiger charge is 2.24. The van der Waals surface area contributed by atoms with Crippen LogP contribution in [0.25, 0.3) is 0 Å². The molecule has 6 nitrogen and oxygen atoms in total. The average Bonchev–Trinajstić information content (AvgIpc) is 2.36. The van der Waals surface area contributed by atoms with E-state index in [9.17, 15) is 14.7 Å². The zero-order valence-electron chi connectivity index (χ0n) is 10.7. The van der Waals surface area contributed by atoms with Gasteiger partial charge in [0.25, 0.3) is 0 Å². The first kappa shape index (κ1) is 15.1. The summed E-state index contributed by atoms with van der Waals surface area (Å²) in [7, 11) is 0. The molecule has 5 N–H and O–H groups in total. The average molecular weight is 266 g/mol. The van der Waals surface area contributed by atoms with E-state index in [1.807, 2.05) is 12.1 Å². The number of rotatable bonds is 6. The Morgan fingerprint density at radius 3 is 2.37 bits per heavy atom. The summed E-state index contributed by atoms with van der Waals surface area (Å²) in [5, 5.41) is 20.4. The molecule has 1 aromatic rings. The van der Waals surface area contributed by atoms with Crippen LogP contribution in [0.15, 0.2) is 24.3 Å². The molecule has 0 aliphatic rings. The van der Waals surface area contributed by atoms with Gasteiger partial charge in [-0.25, -0.2) is 4.79 Å². The third-order valence-corrected chi connectivity index (χ3v) is 2.75. The minimum absolute atomic E-state index is 0.0316. The standard InChI is InChI=1S/C13H18N2O4/c1-8(16)12(13(18)19)15-11(17)6-9-4-2-3-5-10(9)7-14/h2-5,8,12,16H,6-7,14H2,1H3,(H,15,17)(H,18,19)/t8-,12+/m1/s1. The van der Waals surface area contributed by atoms with Crippen LogP contribution in [0.5, 0.6) is 0 Å². The first-order valence-corrected chi connectivity index (χ1v) is 5.92. The molecule has 0 heterocycles. The van der Waals surface area contributed by atoms with E-state index in [1.165, 1.54) is 6.92 Å². The summed E-state index contributed by atoms with van der Waals surface area (Å²) in [6.07, 6.45) is -1.13. The third kappa shape index (κ3) is 4.35. The maximum absolute atomic E-state index is 11.8. The molecule has 0 radical (unpaired) electrons. The smallest absolute Gasteiger partial charge is 0.328 e. The van der Waals surface area contributed by atoms with E-state index in [4.69, 9.17) is 10.8 Å². The predicted molar refractivity (Wildman–Crippen MR) is 69.3 cm³/mol. The second kappa shape index (κ2) is 6.86. The first-order chi connectivity index (χ1) is 8.95. The largest absolute Gasteiger partial charge is 0.480 e. The van der Waals surface area contributed by atoms with Gasteiger partial charge in [0.2, 0.25) is 5.91 Å². The van der Waals surface area contributed by atoms with E-state index in [0.29, 0.717) is 6.54 Å². The van der Waals surface area contributed by atoms with Gasteiger partial charge in [-0.2, -0.15) is 0 Å². The molecule has 0 fully saturated rings. The van der Waals surface area contributed by atoms with Crippen molar-refractivity contribution in [2.24, 2.45) is 5.73 Å². The summed E-state index contributed by atoms with van der Waals surface area (Å²) in [5.41, 5.74) is 7.14. The van der Waals surface area contributed by atoms with Crippen molar-refractivity contribution < 1.29 is 19.8 Å². The molecule has 0 aliphatic carbocycles. The van der Waals surface area contributed by atoms with Gasteiger partial charge >= 0.3 is 5.97 Å². The van der Waals surface area contributed by atoms with Crippen molar-refractivity contribution in [3.63, 3.8) is 0 Å². The molecule has 0 saturated heterocycles. The maximum Gasteiger partial charge on any atom is 0.328 e. The highest BCUT2D eigenvalue weighted by atomic mass is 16.4. The molecule has 1 aromatic carbocycles. The van der Waals surface area contributed by atoms with E-state index < -0.39 is 24.0 Å². The predicted octanol–water partition coefficient (Wildman–Crippen LogP) is -0.362. The Bertz CT molecular complexity index is 460. The monoisotopic (exact) mass is 266 g/mol. The summed E-state index contributed by atoms with van der Waals surface area (Å²) in [4.78, 5) is 22.6. The van der Waals surface area contributed by atoms with Gasteiger partial charge in [-0.15, -0.1) is 0 Å². The van der Waals surface area contributed by atoms with Gasteiger partial charge < -0.3 is 21.3 Å². The third-order valence-electron chi connectivity index (χ3n) is 2.75. The van der Waals surface area contributed by atoms with E-state index >= 15 is 0 Å². The van der Waals surface area contributed by atoms with Crippen LogP contribution in [0.4, 0.5) is 0 Å². The number of hydrogen-bond donors (Lipinski definition) is 4. The van der Waals surface area contributed by atoms with Gasteiger partial charge in [-0.1, -0.05) is 24.3 Å². The van der Waals surface area contributed by atoms with Gasteiger partial charge in [-0.3, -0.25) is 4.79 Å². The SMILES string of the molecule is C[C@@H](O)[C@H](NC(=O)Cc1ccccc1CN)C(=O)O. The van der Waals surface area contributed by atoms with Gasteiger partial charge in [0, 0.05) is 6.54 Å². The maximum atomic E-state index is 11.8. The van der Waals surface area contributed by atoms with Crippen molar-refractivity contribution in [2.45, 2.75) is 32.0 Å². The fraction of sp³-hybridized carbons (Fsp3) is 0.385. The summed E-state index contributed by atoms with van der Waals surface area (Å²) >= 11 is 0. The summed E-state index contributed by atoms with van der Waals surface area (Å²) in [5.74, 6) is -1.73. The number of carboxylic acids is 1. The molecule has 19 heavy (non-hydrogen) atoms. The Labute approximate surface area is 111 Å². The van der Waals surface area contributed by atoms with Crippen molar-refractivity contribution in [3.05, 3.63) is 35.4 Å². The fourth-order valence-corrected chi connectivity index (χ4v) is 1.72. The number of aliphatic hydroxyl groups is 1. The number of amides is 1. The van der Waals surface area contributed by atoms with Crippen molar-refractivity contribution >= 4 is 11.9 Å². The van der Waals surface area contributed by atoms with Gasteiger partial charge in [0.05, 0.1) is 12.5 Å². The van der Waals surface area contributed by atoms with Crippen molar-refractivity contribution in [1.29, 1.82) is 0 Å². The highest BCUT2D eigenvalue weighted by molar-refractivity contribution is 5.85. The van der Waals surface area contributed by atoms with Crippen LogP contribution in [0.2, 0.25) is 0 Å². The van der Waals surface area contributed by atoms with Crippen LogP contribution in [0.1, 0.15) is 18.1 Å². The molecule has 6 heteroatoms. The quantitative estimate of drug-likeness (QED) is 0.561. The number of carboxylic acid groups (broad SMARTS) is 1. The van der Waals surface area contributed by atoms with Crippen LogP contribution in [-0.4, -0.2) is 34.2 Å². The molecular formula is C13H18N2O4. The van der Waals surface area contributed by atoms with Crippen LogP contribution in [-0.2, 0) is 22.6 Å². The number of carbonyl (C=O) groups excluding carboxylic acids is 1. The lowest BCUT2D eigenvalue weighted by Crippen LogP contribution is -2.48. The minimum atomic E-state index is -1.31. The highest BCUT2D eigenvalue weighted by Crippen LogP contribution is 2.09. The van der Waals surface area contributed by atoms with Gasteiger partial charge in [0.1, 0.15) is 0 Å². The molecule has 0 unspecified atom stereocenters. The second-order valence-corrected chi connectivity index (χ2v) is 4.27. The van der Waals surface area contributed by atoms with E-state index in [2.05, 4.69) is 5.32 Å². The lowest BCUT2D eigenvalue weighted by Gasteiger charge is -2.17. The molecule has 1 amide bonds. The lowest BCUT2D eigenvalue weighted by atomic mass is 10.0. The van der Waals surface area contributed by atoms with E-state index in [0.717, 1.165) is 11.1 Å². The number of hydrogen-bond acceptors (Lipinski definition) is 4. The van der Waals surface area contributed by atoms with Crippen LogP contribution >= 0.6 is 0 Å². The molecule has 0 spiro atoms. The fourth-order valence-electron chi connectivity index (χ4n) is 1.72. The topological polar surface area (TPSA) is 113 Å². The van der Waals surface area contributed by atoms with Crippen molar-refractivity contribution in [1.82, 2.24) is 5.32 Å². The summed E-state index contributed by atoms with van der Waals surface area (Å²) in [6.45, 7) is 1.62. The Kier molecular flexibility index (Phi) is 5.47. The van der Waals surface area contributed by atoms with E-state index in [1.54, 1.807) is 12.1 Å². The van der Waals surface area contributed by atoms with Crippen LogP contribution in [0.3, 0.4) is 0 Å². The van der Waals surface area contributed by atoms with Crippen molar-refractivity contribution in [2.75, 3.05) is 0 Å². The zero-order valence-corrected chi connectivity index (χ0v) is 10.7. The Morgan fingerprint density at radius 2 is 1.89 bits per heavy atom. The minimum Gasteiger partial charge on any atom is -0.480 e. The number of benzene rings is 1. The number of aliphatic carboxylic acids is 1. The number of aliphatic hydroxyl groups excluding tert-OH is 1. The zero-order chi connectivity index (χ0) is 14.4. The second-order valence-electron chi connectivity index (χ2n) is 4.27. The molecule has 0 aromatic heterocycles. The van der Waals surface area contributed by atoms with Gasteiger partial charge in [0.15, 0.2) is 6.04 Å². The first-order valence-electron chi connectivity index (χ1n) is 5.92. The number of carbonyl (C=O) groups is 2. The normalized spacial score (nSPS) is 13.6. The molecule has 0 bridgehead atoms. The summed E-state index contributed by atoms with van der Waals surface area (Å²) in [6, 6.07) is 5.87. The summed E-state index contributed by atoms with van der Waals surface area (Å²) < 4.78 is 0. The molecular weight excluding hydrogens is 248 g/mol. The molecule has 0 saturated carbocycles. The Hall–Kier alpha value is -1.92. The molecule has 2 atom stereocenters. The number of nitrogens with two attached hydrogens (primary N) is 1. The Morgan fingerprint density at radius 1 is 1.32 bits per heavy atom.